The molecule has 0 bridgehead atoms. The summed E-state index contributed by atoms with van der Waals surface area (Å²) in [5, 5.41) is 5.94. The molecule has 2 heterocycles. The first-order chi connectivity index (χ1) is 15.0. The Kier molecular flexibility index (Phi) is 5.32. The van der Waals surface area contributed by atoms with E-state index >= 15 is 0 Å². The molecule has 160 valence electrons. The first-order valence-electron chi connectivity index (χ1n) is 10.3. The van der Waals surface area contributed by atoms with Crippen LogP contribution in [0.1, 0.15) is 24.6 Å². The molecule has 0 aliphatic heterocycles. The molecule has 2 aromatic heterocycles. The van der Waals surface area contributed by atoms with Crippen molar-refractivity contribution in [1.29, 1.82) is 0 Å². The molecule has 2 aromatic carbocycles. The van der Waals surface area contributed by atoms with Crippen LogP contribution in [0.15, 0.2) is 36.4 Å². The Morgan fingerprint density at radius 2 is 2.23 bits per heavy atom. The molecule has 8 heteroatoms. The van der Waals surface area contributed by atoms with Gasteiger partial charge in [-0.2, -0.15) is 0 Å². The van der Waals surface area contributed by atoms with Crippen molar-refractivity contribution in [2.75, 3.05) is 11.9 Å². The molecule has 5 nitrogen and oxygen atoms in total. The largest absolute Gasteiger partial charge is 0.465 e. The summed E-state index contributed by atoms with van der Waals surface area (Å²) in [5.74, 6) is -0.554. The minimum Gasteiger partial charge on any atom is -0.465 e. The van der Waals surface area contributed by atoms with Crippen LogP contribution < -0.4 is 5.32 Å². The van der Waals surface area contributed by atoms with Gasteiger partial charge in [0.15, 0.2) is 5.13 Å². The van der Waals surface area contributed by atoms with E-state index in [-0.39, 0.29) is 24.4 Å². The minimum atomic E-state index is -0.278. The van der Waals surface area contributed by atoms with E-state index in [0.717, 1.165) is 56.8 Å². The Morgan fingerprint density at radius 3 is 3.06 bits per heavy atom. The van der Waals surface area contributed by atoms with Crippen LogP contribution in [0.5, 0.6) is 0 Å². The normalized spacial score (nSPS) is 15.9. The van der Waals surface area contributed by atoms with Gasteiger partial charge in [0.1, 0.15) is 12.4 Å². The SMILES string of the molecule is CCOC(=O)Cn1c2c(c3cc(F)ccc31)C[C@@H](Nc1nc3cc(Cl)ccc3s1)CC2. The van der Waals surface area contributed by atoms with Gasteiger partial charge in [-0.25, -0.2) is 9.37 Å². The Morgan fingerprint density at radius 1 is 1.35 bits per heavy atom. The highest BCUT2D eigenvalue weighted by Gasteiger charge is 2.27. The van der Waals surface area contributed by atoms with E-state index in [9.17, 15) is 9.18 Å². The molecule has 1 atom stereocenters. The summed E-state index contributed by atoms with van der Waals surface area (Å²) in [6.45, 7) is 2.28. The van der Waals surface area contributed by atoms with E-state index in [1.165, 1.54) is 6.07 Å². The number of carbonyl (C=O) groups is 1. The van der Waals surface area contributed by atoms with E-state index in [2.05, 4.69) is 10.3 Å². The molecule has 4 aromatic rings. The summed E-state index contributed by atoms with van der Waals surface area (Å²) in [6, 6.07) is 10.6. The van der Waals surface area contributed by atoms with Gasteiger partial charge in [-0.05, 0) is 68.1 Å². The van der Waals surface area contributed by atoms with E-state index in [4.69, 9.17) is 16.3 Å². The van der Waals surface area contributed by atoms with Gasteiger partial charge in [0.2, 0.25) is 0 Å². The third-order valence-corrected chi connectivity index (χ3v) is 6.90. The van der Waals surface area contributed by atoms with Crippen LogP contribution in [0.3, 0.4) is 0 Å². The maximum absolute atomic E-state index is 14.1. The Balaban J connectivity index is 1.46. The van der Waals surface area contributed by atoms with Crippen LogP contribution in [0.25, 0.3) is 21.1 Å². The van der Waals surface area contributed by atoms with Crippen molar-refractivity contribution in [3.05, 3.63) is 58.5 Å². The summed E-state index contributed by atoms with van der Waals surface area (Å²) in [4.78, 5) is 16.8. The number of nitrogens with zero attached hydrogens (tertiary/aromatic N) is 2. The zero-order valence-electron chi connectivity index (χ0n) is 17.0. The van der Waals surface area contributed by atoms with E-state index < -0.39 is 0 Å². The minimum absolute atomic E-state index is 0.141. The molecule has 0 unspecified atom stereocenters. The van der Waals surface area contributed by atoms with Crippen molar-refractivity contribution < 1.29 is 13.9 Å². The number of halogens is 2. The summed E-state index contributed by atoms with van der Waals surface area (Å²) < 4.78 is 22.3. The van der Waals surface area contributed by atoms with Crippen LogP contribution in [0.4, 0.5) is 9.52 Å². The van der Waals surface area contributed by atoms with Gasteiger partial charge < -0.3 is 14.6 Å². The van der Waals surface area contributed by atoms with Crippen LogP contribution in [0.2, 0.25) is 5.02 Å². The number of carbonyl (C=O) groups excluding carboxylic acids is 1. The molecule has 1 aliphatic carbocycles. The average Bonchev–Trinajstić information content (AvgIpc) is 3.26. The third-order valence-electron chi connectivity index (χ3n) is 5.70. The van der Waals surface area contributed by atoms with Crippen LogP contribution >= 0.6 is 22.9 Å². The van der Waals surface area contributed by atoms with E-state index in [0.29, 0.717) is 11.6 Å². The molecule has 1 N–H and O–H groups in total. The predicted octanol–water partition coefficient (Wildman–Crippen LogP) is 5.58. The number of rotatable bonds is 5. The van der Waals surface area contributed by atoms with Gasteiger partial charge in [0.05, 0.1) is 16.8 Å². The van der Waals surface area contributed by atoms with E-state index in [1.54, 1.807) is 30.4 Å². The second-order valence-corrected chi connectivity index (χ2v) is 9.16. The molecule has 1 aliphatic rings. The second-order valence-electron chi connectivity index (χ2n) is 7.69. The topological polar surface area (TPSA) is 56.1 Å². The lowest BCUT2D eigenvalue weighted by Crippen LogP contribution is -2.28. The predicted molar refractivity (Wildman–Crippen MR) is 123 cm³/mol. The van der Waals surface area contributed by atoms with Crippen molar-refractivity contribution >= 4 is 55.2 Å². The molecule has 31 heavy (non-hydrogen) atoms. The van der Waals surface area contributed by atoms with Gasteiger partial charge in [-0.15, -0.1) is 0 Å². The molecule has 0 saturated carbocycles. The Labute approximate surface area is 187 Å². The zero-order chi connectivity index (χ0) is 21.5. The number of aromatic nitrogens is 2. The number of anilines is 1. The lowest BCUT2D eigenvalue weighted by Gasteiger charge is -2.24. The summed E-state index contributed by atoms with van der Waals surface area (Å²) in [5.41, 5.74) is 3.92. The fourth-order valence-corrected chi connectivity index (χ4v) is 5.49. The van der Waals surface area contributed by atoms with Crippen molar-refractivity contribution in [2.24, 2.45) is 0 Å². The number of nitrogens with one attached hydrogen (secondary N) is 1. The van der Waals surface area contributed by atoms with Crippen LogP contribution in [-0.4, -0.2) is 28.2 Å². The number of hydrogen-bond donors (Lipinski definition) is 1. The number of thiazole rings is 1. The Hall–Kier alpha value is -2.64. The molecular formula is C23H21ClFN3O2S. The standard InChI is InChI=1S/C23H21ClFN3O2S/c1-2-30-22(29)12-28-19-6-4-14(25)10-16(19)17-11-15(5-7-20(17)28)26-23-27-18-9-13(24)3-8-21(18)31-23/h3-4,6,8-10,15H,2,5,7,11-12H2,1H3,(H,26,27)/t15-/m0/s1. The monoisotopic (exact) mass is 457 g/mol. The van der Waals surface area contributed by atoms with Crippen molar-refractivity contribution in [3.8, 4) is 0 Å². The van der Waals surface area contributed by atoms with E-state index in [1.807, 2.05) is 22.8 Å². The quantitative estimate of drug-likeness (QED) is 0.398. The van der Waals surface area contributed by atoms with Crippen molar-refractivity contribution in [2.45, 2.75) is 38.8 Å². The van der Waals surface area contributed by atoms with Gasteiger partial charge in [-0.3, -0.25) is 4.79 Å². The highest BCUT2D eigenvalue weighted by Crippen LogP contribution is 2.35. The number of fused-ring (bicyclic) bond motifs is 4. The lowest BCUT2D eigenvalue weighted by molar-refractivity contribution is -0.143. The number of esters is 1. The summed E-state index contributed by atoms with van der Waals surface area (Å²) >= 11 is 7.68. The lowest BCUT2D eigenvalue weighted by atomic mass is 9.91. The van der Waals surface area contributed by atoms with Gasteiger partial charge in [0.25, 0.3) is 0 Å². The number of ether oxygens (including phenoxy) is 1. The average molecular weight is 458 g/mol. The summed E-state index contributed by atoms with van der Waals surface area (Å²) in [6.07, 6.45) is 2.42. The fourth-order valence-electron chi connectivity index (χ4n) is 4.40. The fraction of sp³-hybridized carbons (Fsp3) is 0.304. The maximum atomic E-state index is 14.1. The smallest absolute Gasteiger partial charge is 0.325 e. The second kappa shape index (κ2) is 8.13. The van der Waals surface area contributed by atoms with Crippen molar-refractivity contribution in [1.82, 2.24) is 9.55 Å². The molecule has 0 saturated heterocycles. The van der Waals surface area contributed by atoms with Crippen molar-refractivity contribution in [3.63, 3.8) is 0 Å². The highest BCUT2D eigenvalue weighted by molar-refractivity contribution is 7.22. The molecule has 0 amide bonds. The number of hydrogen-bond acceptors (Lipinski definition) is 5. The van der Waals surface area contributed by atoms with Gasteiger partial charge in [0, 0.05) is 27.7 Å². The molecule has 0 radical (unpaired) electrons. The third kappa shape index (κ3) is 3.88. The highest BCUT2D eigenvalue weighted by atomic mass is 35.5. The zero-order valence-corrected chi connectivity index (χ0v) is 18.5. The Bertz CT molecular complexity index is 1300. The molecular weight excluding hydrogens is 437 g/mol. The number of benzene rings is 2. The maximum Gasteiger partial charge on any atom is 0.325 e. The molecule has 0 spiro atoms. The summed E-state index contributed by atoms with van der Waals surface area (Å²) in [7, 11) is 0. The molecule has 5 rings (SSSR count). The van der Waals surface area contributed by atoms with Crippen LogP contribution in [-0.2, 0) is 28.9 Å². The van der Waals surface area contributed by atoms with Gasteiger partial charge >= 0.3 is 5.97 Å². The van der Waals surface area contributed by atoms with Crippen LogP contribution in [0, 0.1) is 5.82 Å². The first kappa shape index (κ1) is 20.3. The first-order valence-corrected chi connectivity index (χ1v) is 11.5. The van der Waals surface area contributed by atoms with Gasteiger partial charge in [-0.1, -0.05) is 22.9 Å². The molecule has 0 fully saturated rings.